The summed E-state index contributed by atoms with van der Waals surface area (Å²) < 4.78 is 28.0. The van der Waals surface area contributed by atoms with E-state index >= 15 is 0 Å². The van der Waals surface area contributed by atoms with Crippen molar-refractivity contribution >= 4 is 22.9 Å². The minimum absolute atomic E-state index is 0.00105. The van der Waals surface area contributed by atoms with Crippen LogP contribution in [-0.4, -0.2) is 81.3 Å². The second-order valence-corrected chi connectivity index (χ2v) is 7.23. The molecule has 13 nitrogen and oxygen atoms in total. The van der Waals surface area contributed by atoms with Crippen molar-refractivity contribution in [1.29, 1.82) is 0 Å². The summed E-state index contributed by atoms with van der Waals surface area (Å²) in [7, 11) is 0. The molecule has 1 aliphatic heterocycles. The molecule has 0 aliphatic carbocycles. The summed E-state index contributed by atoms with van der Waals surface area (Å²) >= 11 is -2.21. The fraction of sp³-hybridized carbons (Fsp3) is 0.438. The number of ether oxygens (including phenoxy) is 1. The zero-order valence-electron chi connectivity index (χ0n) is 15.4. The van der Waals surface area contributed by atoms with E-state index in [4.69, 9.17) is 14.4 Å². The number of rotatable bonds is 8. The Balaban J connectivity index is 1.62. The van der Waals surface area contributed by atoms with Crippen LogP contribution in [0.5, 0.6) is 0 Å². The number of nitrogens with one attached hydrogen (secondary N) is 2. The third kappa shape index (κ3) is 4.99. The van der Waals surface area contributed by atoms with Crippen molar-refractivity contribution in [2.24, 2.45) is 0 Å². The summed E-state index contributed by atoms with van der Waals surface area (Å²) in [6.07, 6.45) is -4.01. The lowest BCUT2D eigenvalue weighted by Crippen LogP contribution is -2.38. The lowest BCUT2D eigenvalue weighted by molar-refractivity contribution is -0.149. The topological polar surface area (TPSA) is 199 Å². The zero-order chi connectivity index (χ0) is 21.8. The lowest BCUT2D eigenvalue weighted by atomic mass is 10.0. The molecule has 1 saturated heterocycles. The molecule has 2 heterocycles. The molecular formula is C16H21N5O8S. The van der Waals surface area contributed by atoms with Gasteiger partial charge in [-0.25, -0.2) is 8.89 Å². The normalized spacial score (nSPS) is 25.6. The molecule has 1 aromatic carbocycles. The first-order valence-electron chi connectivity index (χ1n) is 8.77. The largest absolute Gasteiger partial charge is 0.394 e. The Bertz CT molecular complexity index is 894. The van der Waals surface area contributed by atoms with Crippen LogP contribution in [0.2, 0.25) is 0 Å². The summed E-state index contributed by atoms with van der Waals surface area (Å²) in [5.41, 5.74) is 1.02. The second kappa shape index (κ2) is 9.57. The van der Waals surface area contributed by atoms with Crippen LogP contribution >= 0.6 is 0 Å². The van der Waals surface area contributed by atoms with Crippen LogP contribution in [0, 0.1) is 0 Å². The monoisotopic (exact) mass is 443 g/mol. The van der Waals surface area contributed by atoms with E-state index in [2.05, 4.69) is 20.4 Å². The van der Waals surface area contributed by atoms with E-state index in [1.807, 2.05) is 0 Å². The smallest absolute Gasteiger partial charge is 0.259 e. The number of benzene rings is 1. The van der Waals surface area contributed by atoms with Gasteiger partial charge in [-0.1, -0.05) is 5.21 Å². The second-order valence-electron chi connectivity index (χ2n) is 6.52. The van der Waals surface area contributed by atoms with Crippen LogP contribution < -0.4 is 10.0 Å². The zero-order valence-corrected chi connectivity index (χ0v) is 16.2. The molecule has 1 aromatic heterocycles. The first-order valence-corrected chi connectivity index (χ1v) is 9.88. The summed E-state index contributed by atoms with van der Waals surface area (Å²) in [6, 6.07) is 4.89. The van der Waals surface area contributed by atoms with Crippen molar-refractivity contribution in [2.45, 2.75) is 37.2 Å². The number of aliphatic hydroxyl groups excluding tert-OH is 4. The lowest BCUT2D eigenvalue weighted by Gasteiger charge is -2.22. The molecule has 7 N–H and O–H groups in total. The van der Waals surface area contributed by atoms with Gasteiger partial charge in [0.1, 0.15) is 30.0 Å². The maximum Gasteiger partial charge on any atom is 0.259 e. The van der Waals surface area contributed by atoms with Gasteiger partial charge in [-0.3, -0.25) is 14.1 Å². The van der Waals surface area contributed by atoms with E-state index in [0.717, 1.165) is 0 Å². The highest BCUT2D eigenvalue weighted by Crippen LogP contribution is 2.31. The molecule has 1 aliphatic rings. The van der Waals surface area contributed by atoms with Gasteiger partial charge in [0.15, 0.2) is 6.29 Å². The van der Waals surface area contributed by atoms with Crippen LogP contribution in [0.1, 0.15) is 22.1 Å². The Morgan fingerprint density at radius 3 is 2.63 bits per heavy atom. The number of anilines is 1. The van der Waals surface area contributed by atoms with Gasteiger partial charge >= 0.3 is 0 Å². The molecule has 3 rings (SSSR count). The number of hydrogen-bond acceptors (Lipinski definition) is 9. The molecule has 0 spiro atoms. The Morgan fingerprint density at radius 1 is 1.30 bits per heavy atom. The van der Waals surface area contributed by atoms with Gasteiger partial charge in [-0.05, 0) is 24.3 Å². The van der Waals surface area contributed by atoms with Crippen molar-refractivity contribution < 1.29 is 38.7 Å². The van der Waals surface area contributed by atoms with Gasteiger partial charge in [0, 0.05) is 11.3 Å². The molecule has 30 heavy (non-hydrogen) atoms. The highest BCUT2D eigenvalue weighted by Gasteiger charge is 2.47. The van der Waals surface area contributed by atoms with Crippen LogP contribution in [0.25, 0.3) is 0 Å². The number of carbonyl (C=O) groups is 1. The van der Waals surface area contributed by atoms with Gasteiger partial charge < -0.3 is 30.5 Å². The van der Waals surface area contributed by atoms with Crippen LogP contribution in [0.4, 0.5) is 5.69 Å². The van der Waals surface area contributed by atoms with Crippen molar-refractivity contribution in [2.75, 3.05) is 11.3 Å². The molecule has 164 valence electrons. The molecular weight excluding hydrogens is 422 g/mol. The van der Waals surface area contributed by atoms with Crippen molar-refractivity contribution in [1.82, 2.24) is 20.3 Å². The minimum Gasteiger partial charge on any atom is -0.394 e. The van der Waals surface area contributed by atoms with E-state index < -0.39 is 54.4 Å². The summed E-state index contributed by atoms with van der Waals surface area (Å²) in [4.78, 5) is 12.2. The molecule has 0 saturated carbocycles. The van der Waals surface area contributed by atoms with Gasteiger partial charge in [-0.15, -0.1) is 5.10 Å². The fourth-order valence-corrected chi connectivity index (χ4v) is 3.36. The number of aliphatic hydroxyl groups is 4. The molecule has 0 radical (unpaired) electrons. The van der Waals surface area contributed by atoms with Crippen molar-refractivity contribution in [3.63, 3.8) is 0 Å². The Labute approximate surface area is 172 Å². The third-order valence-electron chi connectivity index (χ3n) is 4.49. The predicted molar refractivity (Wildman–Crippen MR) is 101 cm³/mol. The summed E-state index contributed by atoms with van der Waals surface area (Å²) in [6.45, 7) is -0.639. The van der Waals surface area contributed by atoms with E-state index in [0.29, 0.717) is 16.9 Å². The van der Waals surface area contributed by atoms with E-state index in [1.54, 1.807) is 0 Å². The molecule has 6 unspecified atom stereocenters. The highest BCUT2D eigenvalue weighted by atomic mass is 32.2. The van der Waals surface area contributed by atoms with Crippen molar-refractivity contribution in [3.05, 3.63) is 41.7 Å². The van der Waals surface area contributed by atoms with Gasteiger partial charge in [0.05, 0.1) is 19.3 Å². The van der Waals surface area contributed by atoms with Crippen molar-refractivity contribution in [3.8, 4) is 0 Å². The molecule has 0 bridgehead atoms. The molecule has 14 heteroatoms. The minimum atomic E-state index is -2.21. The fourth-order valence-electron chi connectivity index (χ4n) is 3.02. The van der Waals surface area contributed by atoms with E-state index in [-0.39, 0.29) is 6.54 Å². The average Bonchev–Trinajstić information content (AvgIpc) is 3.30. The molecule has 2 aromatic rings. The average molecular weight is 443 g/mol. The van der Waals surface area contributed by atoms with Gasteiger partial charge in [0.25, 0.3) is 17.2 Å². The number of amides is 1. The molecule has 1 fully saturated rings. The number of hydrogen-bond donors (Lipinski definition) is 7. The SMILES string of the molecule is O=C(NCc1cn(C2C(O)C(O)OC2C(O)CO)nn1)c1ccc(NS(=O)O)cc1. The first-order chi connectivity index (χ1) is 14.3. The highest BCUT2D eigenvalue weighted by molar-refractivity contribution is 7.80. The third-order valence-corrected chi connectivity index (χ3v) is 4.90. The van der Waals surface area contributed by atoms with Crippen LogP contribution in [0.3, 0.4) is 0 Å². The Hall–Kier alpha value is -2.46. The Morgan fingerprint density at radius 2 is 2.00 bits per heavy atom. The first kappa shape index (κ1) is 22.2. The molecule has 6 atom stereocenters. The standard InChI is InChI=1S/C16H21N5O8S/c22-7-11(23)14-12(13(24)16(26)29-14)21-6-10(18-20-21)5-17-15(25)8-1-3-9(4-2-8)19-30(27)28/h1-4,6,11-14,16,19,22-24,26H,5,7H2,(H,17,25)(H,27,28). The van der Waals surface area contributed by atoms with E-state index in [9.17, 15) is 24.3 Å². The van der Waals surface area contributed by atoms with Gasteiger partial charge in [-0.2, -0.15) is 0 Å². The maximum atomic E-state index is 12.2. The van der Waals surface area contributed by atoms with Crippen LogP contribution in [-0.2, 0) is 22.5 Å². The molecule has 1 amide bonds. The maximum absolute atomic E-state index is 12.2. The summed E-state index contributed by atoms with van der Waals surface area (Å²) in [5.74, 6) is -0.422. The predicted octanol–water partition coefficient (Wildman–Crippen LogP) is -2.27. The Kier molecular flexibility index (Phi) is 7.09. The number of carbonyl (C=O) groups excluding carboxylic acids is 1. The van der Waals surface area contributed by atoms with E-state index in [1.165, 1.54) is 35.1 Å². The number of nitrogens with zero attached hydrogens (tertiary/aromatic N) is 3. The number of aromatic nitrogens is 3. The van der Waals surface area contributed by atoms with Crippen LogP contribution in [0.15, 0.2) is 30.5 Å². The van der Waals surface area contributed by atoms with Gasteiger partial charge in [0.2, 0.25) is 0 Å². The summed E-state index contributed by atoms with van der Waals surface area (Å²) in [5, 5.41) is 49.2. The quantitative estimate of drug-likeness (QED) is 0.218.